The summed E-state index contributed by atoms with van der Waals surface area (Å²) in [5.41, 5.74) is 3.41. The van der Waals surface area contributed by atoms with E-state index in [1.807, 2.05) is 68.7 Å². The molecule has 0 atom stereocenters. The van der Waals surface area contributed by atoms with Gasteiger partial charge in [-0.25, -0.2) is 4.79 Å². The molecule has 0 fully saturated rings. The van der Waals surface area contributed by atoms with Crippen LogP contribution in [0, 0.1) is 25.2 Å². The maximum Gasteiger partial charge on any atom is 0.349 e. The van der Waals surface area contributed by atoms with Gasteiger partial charge in [-0.15, -0.1) is 0 Å². The second kappa shape index (κ2) is 9.38. The third kappa shape index (κ3) is 5.33. The second-order valence-electron chi connectivity index (χ2n) is 6.61. The summed E-state index contributed by atoms with van der Waals surface area (Å²) in [6.07, 6.45) is 1.49. The summed E-state index contributed by atoms with van der Waals surface area (Å²) in [6.45, 7) is 7.06. The van der Waals surface area contributed by atoms with E-state index in [4.69, 9.17) is 4.74 Å². The lowest BCUT2D eigenvalue weighted by molar-refractivity contribution is -0.144. The monoisotopic (exact) mass is 443 g/mol. The topological polar surface area (TPSA) is 84.1 Å². The summed E-state index contributed by atoms with van der Waals surface area (Å²) >= 11 is 3.42. The van der Waals surface area contributed by atoms with Crippen molar-refractivity contribution in [2.75, 3.05) is 6.61 Å². The molecule has 0 radical (unpaired) electrons. The molecular weight excluding hydrogens is 422 g/mol. The number of halogens is 1. The van der Waals surface area contributed by atoms with Crippen molar-refractivity contribution in [2.24, 2.45) is 0 Å². The van der Waals surface area contributed by atoms with Crippen molar-refractivity contribution in [1.82, 2.24) is 9.88 Å². The molecule has 1 heterocycles. The zero-order chi connectivity index (χ0) is 20.8. The molecule has 0 bridgehead atoms. The standard InChI is InChI=1S/C21H22BrN3O3/c1-13(2)24-20(26)12-28-21(27)17(11-23)10-16-9-14(3)25(15(16)4)19-7-5-18(22)6-8-19/h5-10,13H,12H2,1-4H3,(H,24,26)/b17-10+. The van der Waals surface area contributed by atoms with E-state index in [-0.39, 0.29) is 11.6 Å². The lowest BCUT2D eigenvalue weighted by Crippen LogP contribution is -2.34. The van der Waals surface area contributed by atoms with E-state index in [0.717, 1.165) is 27.1 Å². The fraction of sp³-hybridized carbons (Fsp3) is 0.286. The van der Waals surface area contributed by atoms with Crippen molar-refractivity contribution < 1.29 is 14.3 Å². The number of hydrogen-bond acceptors (Lipinski definition) is 4. The third-order valence-corrected chi connectivity index (χ3v) is 4.51. The number of carbonyl (C=O) groups excluding carboxylic acids is 2. The van der Waals surface area contributed by atoms with Crippen LogP contribution in [0.15, 0.2) is 40.4 Å². The zero-order valence-electron chi connectivity index (χ0n) is 16.2. The first-order valence-corrected chi connectivity index (χ1v) is 9.55. The van der Waals surface area contributed by atoms with Crippen LogP contribution in [0.1, 0.15) is 30.8 Å². The van der Waals surface area contributed by atoms with Gasteiger partial charge in [-0.3, -0.25) is 4.79 Å². The highest BCUT2D eigenvalue weighted by Crippen LogP contribution is 2.24. The SMILES string of the molecule is Cc1cc(/C=C(\C#N)C(=O)OCC(=O)NC(C)C)c(C)n1-c1ccc(Br)cc1. The number of aromatic nitrogens is 1. The van der Waals surface area contributed by atoms with Crippen molar-refractivity contribution in [2.45, 2.75) is 33.7 Å². The van der Waals surface area contributed by atoms with Crippen molar-refractivity contribution in [3.05, 3.63) is 57.3 Å². The summed E-state index contributed by atoms with van der Waals surface area (Å²) in [6, 6.07) is 11.5. The summed E-state index contributed by atoms with van der Waals surface area (Å²) in [4.78, 5) is 23.8. The van der Waals surface area contributed by atoms with Gasteiger partial charge in [0.25, 0.3) is 5.91 Å². The van der Waals surface area contributed by atoms with Gasteiger partial charge in [-0.1, -0.05) is 15.9 Å². The summed E-state index contributed by atoms with van der Waals surface area (Å²) in [5.74, 6) is -1.23. The van der Waals surface area contributed by atoms with Gasteiger partial charge in [0.2, 0.25) is 0 Å². The minimum atomic E-state index is -0.824. The van der Waals surface area contributed by atoms with Gasteiger partial charge >= 0.3 is 5.97 Å². The number of amides is 1. The number of rotatable bonds is 6. The van der Waals surface area contributed by atoms with Crippen molar-refractivity contribution in [3.63, 3.8) is 0 Å². The van der Waals surface area contributed by atoms with E-state index in [1.54, 1.807) is 0 Å². The molecule has 1 N–H and O–H groups in total. The highest BCUT2D eigenvalue weighted by molar-refractivity contribution is 9.10. The quantitative estimate of drug-likeness (QED) is 0.417. The maximum atomic E-state index is 12.2. The molecule has 28 heavy (non-hydrogen) atoms. The number of hydrogen-bond donors (Lipinski definition) is 1. The largest absolute Gasteiger partial charge is 0.451 e. The van der Waals surface area contributed by atoms with E-state index in [9.17, 15) is 14.9 Å². The summed E-state index contributed by atoms with van der Waals surface area (Å²) in [7, 11) is 0. The Labute approximate surface area is 172 Å². The Kier molecular flexibility index (Phi) is 7.18. The Morgan fingerprint density at radius 2 is 1.93 bits per heavy atom. The molecular formula is C21H22BrN3O3. The average Bonchev–Trinajstić information content (AvgIpc) is 2.91. The van der Waals surface area contributed by atoms with Crippen LogP contribution < -0.4 is 5.32 Å². The van der Waals surface area contributed by atoms with Crippen molar-refractivity contribution in [1.29, 1.82) is 5.26 Å². The fourth-order valence-corrected chi connectivity index (χ4v) is 3.05. The zero-order valence-corrected chi connectivity index (χ0v) is 17.8. The van der Waals surface area contributed by atoms with Crippen molar-refractivity contribution >= 4 is 33.9 Å². The van der Waals surface area contributed by atoms with Crippen LogP contribution in [0.2, 0.25) is 0 Å². The number of aryl methyl sites for hydroxylation is 1. The van der Waals surface area contributed by atoms with E-state index in [2.05, 4.69) is 21.2 Å². The number of nitriles is 1. The fourth-order valence-electron chi connectivity index (χ4n) is 2.79. The Morgan fingerprint density at radius 1 is 1.29 bits per heavy atom. The number of benzene rings is 1. The highest BCUT2D eigenvalue weighted by atomic mass is 79.9. The first-order valence-electron chi connectivity index (χ1n) is 8.76. The summed E-state index contributed by atoms with van der Waals surface area (Å²) in [5, 5.41) is 12.0. The molecule has 2 rings (SSSR count). The van der Waals surface area contributed by atoms with Gasteiger partial charge in [0.05, 0.1) is 0 Å². The lowest BCUT2D eigenvalue weighted by Gasteiger charge is -2.10. The van der Waals surface area contributed by atoms with Gasteiger partial charge < -0.3 is 14.6 Å². The summed E-state index contributed by atoms with van der Waals surface area (Å²) < 4.78 is 7.97. The minimum Gasteiger partial charge on any atom is -0.451 e. The molecule has 0 saturated carbocycles. The van der Waals surface area contributed by atoms with E-state index >= 15 is 0 Å². The molecule has 7 heteroatoms. The van der Waals surface area contributed by atoms with E-state index < -0.39 is 18.5 Å². The molecule has 1 aromatic carbocycles. The van der Waals surface area contributed by atoms with Gasteiger partial charge in [-0.2, -0.15) is 5.26 Å². The Hall–Kier alpha value is -2.85. The van der Waals surface area contributed by atoms with Crippen molar-refractivity contribution in [3.8, 4) is 11.8 Å². The van der Waals surface area contributed by atoms with Crippen LogP contribution in [0.25, 0.3) is 11.8 Å². The maximum absolute atomic E-state index is 12.2. The number of ether oxygens (including phenoxy) is 1. The lowest BCUT2D eigenvalue weighted by atomic mass is 10.1. The molecule has 0 aliphatic heterocycles. The normalized spacial score (nSPS) is 11.2. The number of nitrogens with zero attached hydrogens (tertiary/aromatic N) is 2. The molecule has 0 saturated heterocycles. The predicted octanol–water partition coefficient (Wildman–Crippen LogP) is 3.83. The molecule has 146 valence electrons. The van der Waals surface area contributed by atoms with Crippen LogP contribution in [-0.2, 0) is 14.3 Å². The molecule has 6 nitrogen and oxygen atoms in total. The average molecular weight is 444 g/mol. The molecule has 0 unspecified atom stereocenters. The number of carbonyl (C=O) groups is 2. The molecule has 2 aromatic rings. The molecule has 1 amide bonds. The van der Waals surface area contributed by atoms with Crippen LogP contribution in [0.3, 0.4) is 0 Å². The van der Waals surface area contributed by atoms with E-state index in [1.165, 1.54) is 6.08 Å². The van der Waals surface area contributed by atoms with Crippen LogP contribution in [-0.4, -0.2) is 29.1 Å². The minimum absolute atomic E-state index is 0.0545. The van der Waals surface area contributed by atoms with E-state index in [0.29, 0.717) is 0 Å². The smallest absolute Gasteiger partial charge is 0.349 e. The van der Waals surface area contributed by atoms with Gasteiger partial charge in [0.15, 0.2) is 6.61 Å². The van der Waals surface area contributed by atoms with Gasteiger partial charge in [0, 0.05) is 27.6 Å². The van der Waals surface area contributed by atoms with Crippen LogP contribution in [0.5, 0.6) is 0 Å². The Balaban J connectivity index is 2.24. The molecule has 1 aromatic heterocycles. The van der Waals surface area contributed by atoms with Crippen LogP contribution in [0.4, 0.5) is 0 Å². The first-order chi connectivity index (χ1) is 13.2. The van der Waals surface area contributed by atoms with Crippen LogP contribution >= 0.6 is 15.9 Å². The Morgan fingerprint density at radius 3 is 2.50 bits per heavy atom. The Bertz CT molecular complexity index is 951. The third-order valence-electron chi connectivity index (χ3n) is 3.98. The second-order valence-corrected chi connectivity index (χ2v) is 7.52. The highest BCUT2D eigenvalue weighted by Gasteiger charge is 2.16. The molecule has 0 aliphatic rings. The van der Waals surface area contributed by atoms with Gasteiger partial charge in [0.1, 0.15) is 11.6 Å². The number of esters is 1. The predicted molar refractivity (Wildman–Crippen MR) is 111 cm³/mol. The molecule has 0 spiro atoms. The van der Waals surface area contributed by atoms with Gasteiger partial charge in [-0.05, 0) is 69.7 Å². The molecule has 0 aliphatic carbocycles. The first kappa shape index (κ1) is 21.5. The number of nitrogens with one attached hydrogen (secondary N) is 1.